The molecule has 6 nitrogen and oxygen atoms in total. The highest BCUT2D eigenvalue weighted by Crippen LogP contribution is 2.40. The maximum atomic E-state index is 10.8. The van der Waals surface area contributed by atoms with Crippen molar-refractivity contribution in [1.82, 2.24) is 5.32 Å². The molecule has 1 fully saturated rings. The summed E-state index contributed by atoms with van der Waals surface area (Å²) in [5, 5.41) is 13.9. The summed E-state index contributed by atoms with van der Waals surface area (Å²) in [6.07, 6.45) is 0.714. The van der Waals surface area contributed by atoms with Crippen LogP contribution in [0.5, 0.6) is 5.75 Å². The van der Waals surface area contributed by atoms with Gasteiger partial charge in [-0.1, -0.05) is 0 Å². The van der Waals surface area contributed by atoms with Gasteiger partial charge in [0, 0.05) is 31.7 Å². The first-order valence-electron chi connectivity index (χ1n) is 5.98. The number of non-ortho nitro benzene ring substituents is 1. The van der Waals surface area contributed by atoms with E-state index in [1.165, 1.54) is 12.1 Å². The molecule has 1 aliphatic rings. The van der Waals surface area contributed by atoms with Crippen molar-refractivity contribution in [2.24, 2.45) is 0 Å². The monoisotopic (exact) mass is 408 g/mol. The van der Waals surface area contributed by atoms with Crippen LogP contribution in [0.4, 0.5) is 5.69 Å². The Labute approximate surface area is 133 Å². The summed E-state index contributed by atoms with van der Waals surface area (Å²) in [5.74, 6) is 0.553. The molecule has 0 bridgehead atoms. The van der Waals surface area contributed by atoms with Crippen LogP contribution in [0.3, 0.4) is 0 Å². The molecule has 20 heavy (non-hydrogen) atoms. The van der Waals surface area contributed by atoms with E-state index in [2.05, 4.69) is 37.2 Å². The molecule has 0 radical (unpaired) electrons. The standard InChI is InChI=1S/C12H14Br2N2O4/c1-15-9-5-10(12(9)19-2)20-11-7(13)3-6(16(17)18)4-8(11)14/h3-4,9-10,12,15H,5H2,1-2H3. The van der Waals surface area contributed by atoms with Crippen LogP contribution in [0.2, 0.25) is 0 Å². The molecule has 3 unspecified atom stereocenters. The van der Waals surface area contributed by atoms with E-state index in [1.54, 1.807) is 7.11 Å². The molecule has 1 saturated carbocycles. The third-order valence-electron chi connectivity index (χ3n) is 3.36. The molecule has 0 spiro atoms. The smallest absolute Gasteiger partial charge is 0.271 e. The van der Waals surface area contributed by atoms with Gasteiger partial charge in [-0.25, -0.2) is 0 Å². The normalized spacial score (nSPS) is 25.1. The molecule has 1 aromatic carbocycles. The van der Waals surface area contributed by atoms with Crippen molar-refractivity contribution < 1.29 is 14.4 Å². The van der Waals surface area contributed by atoms with E-state index in [1.807, 2.05) is 7.05 Å². The first-order valence-corrected chi connectivity index (χ1v) is 7.56. The van der Waals surface area contributed by atoms with Crippen LogP contribution in [0, 0.1) is 10.1 Å². The molecular weight excluding hydrogens is 396 g/mol. The van der Waals surface area contributed by atoms with Crippen LogP contribution in [0.15, 0.2) is 21.1 Å². The number of benzene rings is 1. The van der Waals surface area contributed by atoms with Crippen molar-refractivity contribution >= 4 is 37.5 Å². The molecule has 0 aromatic heterocycles. The predicted molar refractivity (Wildman–Crippen MR) is 81.2 cm³/mol. The molecule has 1 aromatic rings. The Kier molecular flexibility index (Phi) is 5.00. The second kappa shape index (κ2) is 6.38. The van der Waals surface area contributed by atoms with E-state index >= 15 is 0 Å². The third kappa shape index (κ3) is 2.98. The molecule has 0 amide bonds. The third-order valence-corrected chi connectivity index (χ3v) is 4.53. The minimum Gasteiger partial charge on any atom is -0.485 e. The highest BCUT2D eigenvalue weighted by Gasteiger charge is 2.42. The van der Waals surface area contributed by atoms with Gasteiger partial charge in [-0.3, -0.25) is 10.1 Å². The number of halogens is 2. The highest BCUT2D eigenvalue weighted by molar-refractivity contribution is 9.11. The first kappa shape index (κ1) is 15.7. The second-order valence-corrected chi connectivity index (χ2v) is 6.19. The largest absolute Gasteiger partial charge is 0.485 e. The molecule has 1 aliphatic carbocycles. The predicted octanol–water partition coefficient (Wildman–Crippen LogP) is 2.87. The van der Waals surface area contributed by atoms with E-state index in [0.717, 1.165) is 6.42 Å². The zero-order chi connectivity index (χ0) is 14.9. The van der Waals surface area contributed by atoms with Gasteiger partial charge in [0.25, 0.3) is 5.69 Å². The van der Waals surface area contributed by atoms with Crippen LogP contribution < -0.4 is 10.1 Å². The lowest BCUT2D eigenvalue weighted by Gasteiger charge is -2.43. The number of rotatable bonds is 5. The number of nitro benzene ring substituents is 1. The molecule has 2 rings (SSSR count). The van der Waals surface area contributed by atoms with Crippen molar-refractivity contribution in [3.05, 3.63) is 31.2 Å². The van der Waals surface area contributed by atoms with Gasteiger partial charge in [-0.2, -0.15) is 0 Å². The Morgan fingerprint density at radius 1 is 1.40 bits per heavy atom. The average Bonchev–Trinajstić information content (AvgIpc) is 2.36. The Hall–Kier alpha value is -0.700. The van der Waals surface area contributed by atoms with Gasteiger partial charge in [0.2, 0.25) is 0 Å². The van der Waals surface area contributed by atoms with E-state index in [9.17, 15) is 10.1 Å². The Morgan fingerprint density at radius 2 is 2.00 bits per heavy atom. The summed E-state index contributed by atoms with van der Waals surface area (Å²) in [6, 6.07) is 3.12. The minimum atomic E-state index is -0.447. The van der Waals surface area contributed by atoms with E-state index in [0.29, 0.717) is 14.7 Å². The number of nitrogens with one attached hydrogen (secondary N) is 1. The summed E-state index contributed by atoms with van der Waals surface area (Å²) in [5.41, 5.74) is 0.00102. The van der Waals surface area contributed by atoms with Crippen LogP contribution in [-0.4, -0.2) is 37.3 Å². The number of hydrogen-bond acceptors (Lipinski definition) is 5. The molecule has 0 aliphatic heterocycles. The van der Waals surface area contributed by atoms with Crippen molar-refractivity contribution in [1.29, 1.82) is 0 Å². The number of nitrogens with zero attached hydrogens (tertiary/aromatic N) is 1. The number of methoxy groups -OCH3 is 1. The molecule has 8 heteroatoms. The SMILES string of the molecule is CNC1CC(Oc2c(Br)cc([N+](=O)[O-])cc2Br)C1OC. The van der Waals surface area contributed by atoms with Gasteiger partial charge in [0.1, 0.15) is 18.0 Å². The summed E-state index contributed by atoms with van der Waals surface area (Å²) in [7, 11) is 3.52. The summed E-state index contributed by atoms with van der Waals surface area (Å²) < 4.78 is 12.4. The average molecular weight is 410 g/mol. The van der Waals surface area contributed by atoms with Crippen LogP contribution in [0.1, 0.15) is 6.42 Å². The second-order valence-electron chi connectivity index (χ2n) is 4.48. The molecule has 110 valence electrons. The van der Waals surface area contributed by atoms with Crippen molar-refractivity contribution in [3.63, 3.8) is 0 Å². The number of nitro groups is 1. The Balaban J connectivity index is 2.16. The van der Waals surface area contributed by atoms with Gasteiger partial charge in [-0.15, -0.1) is 0 Å². The minimum absolute atomic E-state index is 0.00102. The van der Waals surface area contributed by atoms with Crippen LogP contribution >= 0.6 is 31.9 Å². The fraction of sp³-hybridized carbons (Fsp3) is 0.500. The topological polar surface area (TPSA) is 73.6 Å². The number of likely N-dealkylation sites (N-methyl/N-ethyl adjacent to an activating group) is 1. The summed E-state index contributed by atoms with van der Waals surface area (Å²) in [4.78, 5) is 10.3. The maximum absolute atomic E-state index is 10.8. The van der Waals surface area contributed by atoms with E-state index in [4.69, 9.17) is 9.47 Å². The molecule has 1 N–H and O–H groups in total. The lowest BCUT2D eigenvalue weighted by molar-refractivity contribution is -0.385. The fourth-order valence-electron chi connectivity index (χ4n) is 2.21. The molecule has 3 atom stereocenters. The molecule has 0 saturated heterocycles. The van der Waals surface area contributed by atoms with Gasteiger partial charge in [0.15, 0.2) is 0 Å². The van der Waals surface area contributed by atoms with Gasteiger partial charge >= 0.3 is 0 Å². The maximum Gasteiger partial charge on any atom is 0.271 e. The highest BCUT2D eigenvalue weighted by atomic mass is 79.9. The summed E-state index contributed by atoms with van der Waals surface area (Å²) in [6.45, 7) is 0. The van der Waals surface area contributed by atoms with Crippen molar-refractivity contribution in [2.45, 2.75) is 24.7 Å². The van der Waals surface area contributed by atoms with Gasteiger partial charge in [0.05, 0.1) is 13.9 Å². The molecule has 0 heterocycles. The quantitative estimate of drug-likeness (QED) is 0.597. The van der Waals surface area contributed by atoms with Crippen molar-refractivity contribution in [3.8, 4) is 5.75 Å². The van der Waals surface area contributed by atoms with Gasteiger partial charge in [-0.05, 0) is 38.9 Å². The lowest BCUT2D eigenvalue weighted by Crippen LogP contribution is -2.60. The van der Waals surface area contributed by atoms with Crippen LogP contribution in [0.25, 0.3) is 0 Å². The Morgan fingerprint density at radius 3 is 2.45 bits per heavy atom. The van der Waals surface area contributed by atoms with E-state index < -0.39 is 4.92 Å². The zero-order valence-electron chi connectivity index (χ0n) is 10.9. The Bertz CT molecular complexity index is 503. The van der Waals surface area contributed by atoms with Crippen LogP contribution in [-0.2, 0) is 4.74 Å². The fourth-order valence-corrected chi connectivity index (χ4v) is 3.56. The number of ether oxygens (including phenoxy) is 2. The first-order chi connectivity index (χ1) is 9.47. The zero-order valence-corrected chi connectivity index (χ0v) is 14.1. The summed E-state index contributed by atoms with van der Waals surface area (Å²) >= 11 is 6.61. The number of hydrogen-bond donors (Lipinski definition) is 1. The van der Waals surface area contributed by atoms with Gasteiger partial charge < -0.3 is 14.8 Å². The molecular formula is C12H14Br2N2O4. The lowest BCUT2D eigenvalue weighted by atomic mass is 9.85. The van der Waals surface area contributed by atoms with Crippen molar-refractivity contribution in [2.75, 3.05) is 14.2 Å². The van der Waals surface area contributed by atoms with E-state index in [-0.39, 0.29) is 23.9 Å².